The summed E-state index contributed by atoms with van der Waals surface area (Å²) in [5, 5.41) is 5.69. The summed E-state index contributed by atoms with van der Waals surface area (Å²) in [5.41, 5.74) is 0.819. The summed E-state index contributed by atoms with van der Waals surface area (Å²) in [6, 6.07) is 9.26. The Bertz CT molecular complexity index is 596. The summed E-state index contributed by atoms with van der Waals surface area (Å²) < 4.78 is 5.26. The van der Waals surface area contributed by atoms with Gasteiger partial charge >= 0.3 is 6.03 Å². The number of aromatic nitrogens is 1. The van der Waals surface area contributed by atoms with E-state index in [-0.39, 0.29) is 12.1 Å². The summed E-state index contributed by atoms with van der Waals surface area (Å²) in [6.45, 7) is 2.33. The molecule has 0 fully saturated rings. The lowest BCUT2D eigenvalue weighted by molar-refractivity contribution is 0.237. The molecule has 0 saturated heterocycles. The van der Waals surface area contributed by atoms with Crippen LogP contribution in [0.25, 0.3) is 0 Å². The monoisotopic (exact) mass is 302 g/mol. The lowest BCUT2D eigenvalue weighted by Crippen LogP contribution is -2.41. The van der Waals surface area contributed by atoms with Gasteiger partial charge in [-0.15, -0.1) is 0 Å². The smallest absolute Gasteiger partial charge is 0.315 e. The normalized spacial score (nSPS) is 11.8. The van der Waals surface area contributed by atoms with Gasteiger partial charge in [0.15, 0.2) is 0 Å². The van der Waals surface area contributed by atoms with Crippen molar-refractivity contribution in [2.45, 2.75) is 25.9 Å². The molecule has 0 aliphatic rings. The Labute approximate surface area is 130 Å². The van der Waals surface area contributed by atoms with E-state index in [4.69, 9.17) is 4.42 Å². The fourth-order valence-corrected chi connectivity index (χ4v) is 2.04. The number of rotatable bonds is 6. The third kappa shape index (κ3) is 4.80. The third-order valence-corrected chi connectivity index (χ3v) is 3.15. The Kier molecular flexibility index (Phi) is 5.41. The van der Waals surface area contributed by atoms with Crippen molar-refractivity contribution < 1.29 is 9.21 Å². The Morgan fingerprint density at radius 2 is 2.14 bits per heavy atom. The number of carbonyl (C=O) groups is 1. The van der Waals surface area contributed by atoms with E-state index in [1.807, 2.05) is 56.3 Å². The van der Waals surface area contributed by atoms with E-state index in [0.717, 1.165) is 17.3 Å². The predicted molar refractivity (Wildman–Crippen MR) is 85.8 cm³/mol. The highest BCUT2D eigenvalue weighted by atomic mass is 16.3. The quantitative estimate of drug-likeness (QED) is 0.858. The summed E-state index contributed by atoms with van der Waals surface area (Å²) >= 11 is 0. The summed E-state index contributed by atoms with van der Waals surface area (Å²) in [5.74, 6) is 1.72. The molecule has 2 rings (SSSR count). The first kappa shape index (κ1) is 15.9. The van der Waals surface area contributed by atoms with Crippen molar-refractivity contribution in [1.82, 2.24) is 15.6 Å². The molecule has 2 N–H and O–H groups in total. The van der Waals surface area contributed by atoms with Crippen LogP contribution in [-0.2, 0) is 13.0 Å². The van der Waals surface area contributed by atoms with E-state index in [2.05, 4.69) is 15.6 Å². The number of hydrogen-bond donors (Lipinski definition) is 2. The van der Waals surface area contributed by atoms with Crippen LogP contribution in [0.3, 0.4) is 0 Å². The summed E-state index contributed by atoms with van der Waals surface area (Å²) in [6.07, 6.45) is 2.29. The Hall–Kier alpha value is -2.50. The van der Waals surface area contributed by atoms with Gasteiger partial charge < -0.3 is 20.0 Å². The second kappa shape index (κ2) is 7.49. The highest BCUT2D eigenvalue weighted by molar-refractivity contribution is 5.74. The average molecular weight is 302 g/mol. The zero-order valence-electron chi connectivity index (χ0n) is 13.2. The Balaban J connectivity index is 1.78. The minimum Gasteiger partial charge on any atom is -0.469 e. The number of anilines is 1. The lowest BCUT2D eigenvalue weighted by Gasteiger charge is -2.14. The molecule has 0 unspecified atom stereocenters. The molecule has 118 valence electrons. The molecule has 0 spiro atoms. The number of carbonyl (C=O) groups excluding carboxylic acids is 1. The number of nitrogens with one attached hydrogen (secondary N) is 2. The molecular formula is C16H22N4O2. The molecule has 22 heavy (non-hydrogen) atoms. The van der Waals surface area contributed by atoms with Crippen molar-refractivity contribution in [2.24, 2.45) is 0 Å². The van der Waals surface area contributed by atoms with Gasteiger partial charge in [0.05, 0.1) is 18.5 Å². The molecule has 2 heterocycles. The van der Waals surface area contributed by atoms with Crippen LogP contribution in [0.1, 0.15) is 18.4 Å². The number of amides is 2. The molecule has 1 atom stereocenters. The minimum absolute atomic E-state index is 0.00720. The average Bonchev–Trinajstić information content (AvgIpc) is 2.98. The van der Waals surface area contributed by atoms with Crippen molar-refractivity contribution in [3.05, 3.63) is 48.0 Å². The van der Waals surface area contributed by atoms with Gasteiger partial charge in [-0.2, -0.15) is 0 Å². The zero-order chi connectivity index (χ0) is 15.9. The first-order valence-corrected chi connectivity index (χ1v) is 7.24. The van der Waals surface area contributed by atoms with Crippen LogP contribution in [0.15, 0.2) is 41.0 Å². The maximum absolute atomic E-state index is 11.9. The summed E-state index contributed by atoms with van der Waals surface area (Å²) in [7, 11) is 3.87. The van der Waals surface area contributed by atoms with E-state index >= 15 is 0 Å². The van der Waals surface area contributed by atoms with Crippen LogP contribution < -0.4 is 15.5 Å². The SMILES string of the molecule is C[C@H](Cc1ccco1)NC(=O)NCc1cccc(N(C)C)n1. The van der Waals surface area contributed by atoms with Crippen LogP contribution in [0.2, 0.25) is 0 Å². The molecule has 2 aromatic heterocycles. The van der Waals surface area contributed by atoms with E-state index < -0.39 is 0 Å². The van der Waals surface area contributed by atoms with Crippen LogP contribution in [0.4, 0.5) is 10.6 Å². The van der Waals surface area contributed by atoms with Crippen LogP contribution in [-0.4, -0.2) is 31.2 Å². The lowest BCUT2D eigenvalue weighted by atomic mass is 10.2. The van der Waals surface area contributed by atoms with Crippen molar-refractivity contribution >= 4 is 11.8 Å². The maximum atomic E-state index is 11.9. The van der Waals surface area contributed by atoms with Gasteiger partial charge in [-0.25, -0.2) is 9.78 Å². The molecule has 0 saturated carbocycles. The Morgan fingerprint density at radius 3 is 2.82 bits per heavy atom. The first-order chi connectivity index (χ1) is 10.5. The van der Waals surface area contributed by atoms with Crippen LogP contribution in [0.5, 0.6) is 0 Å². The molecule has 2 aromatic rings. The van der Waals surface area contributed by atoms with Crippen molar-refractivity contribution in [1.29, 1.82) is 0 Å². The largest absolute Gasteiger partial charge is 0.469 e. The highest BCUT2D eigenvalue weighted by Gasteiger charge is 2.09. The number of hydrogen-bond acceptors (Lipinski definition) is 4. The zero-order valence-corrected chi connectivity index (χ0v) is 13.2. The molecule has 0 aliphatic carbocycles. The third-order valence-electron chi connectivity index (χ3n) is 3.15. The second-order valence-electron chi connectivity index (χ2n) is 5.39. The van der Waals surface area contributed by atoms with Crippen molar-refractivity contribution in [3.63, 3.8) is 0 Å². The van der Waals surface area contributed by atoms with E-state index in [1.54, 1.807) is 6.26 Å². The fraction of sp³-hybridized carbons (Fsp3) is 0.375. The fourth-order valence-electron chi connectivity index (χ4n) is 2.04. The van der Waals surface area contributed by atoms with E-state index in [1.165, 1.54) is 0 Å². The molecule has 0 aliphatic heterocycles. The van der Waals surface area contributed by atoms with Gasteiger partial charge in [-0.1, -0.05) is 6.07 Å². The van der Waals surface area contributed by atoms with Gasteiger partial charge in [-0.05, 0) is 31.2 Å². The highest BCUT2D eigenvalue weighted by Crippen LogP contribution is 2.07. The second-order valence-corrected chi connectivity index (χ2v) is 5.39. The van der Waals surface area contributed by atoms with Gasteiger partial charge in [0, 0.05) is 26.6 Å². The molecule has 2 amide bonds. The molecule has 0 aromatic carbocycles. The first-order valence-electron chi connectivity index (χ1n) is 7.24. The molecule has 6 nitrogen and oxygen atoms in total. The Morgan fingerprint density at radius 1 is 1.32 bits per heavy atom. The van der Waals surface area contributed by atoms with Crippen LogP contribution in [0, 0.1) is 0 Å². The standard InChI is InChI=1S/C16H22N4O2/c1-12(10-14-7-5-9-22-14)18-16(21)17-11-13-6-4-8-15(19-13)20(2)3/h4-9,12H,10-11H2,1-3H3,(H2,17,18,21)/t12-/m1/s1. The number of nitrogens with zero attached hydrogens (tertiary/aromatic N) is 2. The minimum atomic E-state index is -0.212. The van der Waals surface area contributed by atoms with Gasteiger partial charge in [0.2, 0.25) is 0 Å². The van der Waals surface area contributed by atoms with Gasteiger partial charge in [0.25, 0.3) is 0 Å². The van der Waals surface area contributed by atoms with Crippen molar-refractivity contribution in [3.8, 4) is 0 Å². The molecule has 6 heteroatoms. The summed E-state index contributed by atoms with van der Waals surface area (Å²) in [4.78, 5) is 18.3. The van der Waals surface area contributed by atoms with E-state index in [0.29, 0.717) is 13.0 Å². The molecule has 0 radical (unpaired) electrons. The molecule has 0 bridgehead atoms. The van der Waals surface area contributed by atoms with E-state index in [9.17, 15) is 4.79 Å². The topological polar surface area (TPSA) is 70.4 Å². The van der Waals surface area contributed by atoms with Crippen molar-refractivity contribution in [2.75, 3.05) is 19.0 Å². The maximum Gasteiger partial charge on any atom is 0.315 e. The number of urea groups is 1. The van der Waals surface area contributed by atoms with Crippen LogP contribution >= 0.6 is 0 Å². The molecular weight excluding hydrogens is 280 g/mol. The van der Waals surface area contributed by atoms with Gasteiger partial charge in [0.1, 0.15) is 11.6 Å². The predicted octanol–water partition coefficient (Wildman–Crippen LogP) is 2.17. The number of furan rings is 1. The van der Waals surface area contributed by atoms with Gasteiger partial charge in [-0.3, -0.25) is 0 Å². The number of pyridine rings is 1.